The van der Waals surface area contributed by atoms with Crippen LogP contribution >= 0.6 is 0 Å². The summed E-state index contributed by atoms with van der Waals surface area (Å²) in [5.74, 6) is 0.942. The molecule has 0 aromatic carbocycles. The Morgan fingerprint density at radius 1 is 0.950 bits per heavy atom. The summed E-state index contributed by atoms with van der Waals surface area (Å²) in [5.41, 5.74) is 0. The van der Waals surface area contributed by atoms with Gasteiger partial charge in [-0.1, -0.05) is 0 Å². The summed E-state index contributed by atoms with van der Waals surface area (Å²) < 4.78 is 11.0. The number of rotatable bonds is 12. The molecule has 4 nitrogen and oxygen atoms in total. The van der Waals surface area contributed by atoms with E-state index in [0.29, 0.717) is 0 Å². The van der Waals surface area contributed by atoms with Gasteiger partial charge in [0.05, 0.1) is 13.2 Å². The lowest BCUT2D eigenvalue weighted by Crippen LogP contribution is -2.33. The van der Waals surface area contributed by atoms with Crippen molar-refractivity contribution in [2.75, 3.05) is 59.2 Å². The van der Waals surface area contributed by atoms with Crippen molar-refractivity contribution in [3.63, 3.8) is 0 Å². The summed E-state index contributed by atoms with van der Waals surface area (Å²) in [6.07, 6.45) is 5.40. The second-order valence-corrected chi connectivity index (χ2v) is 5.57. The van der Waals surface area contributed by atoms with Crippen molar-refractivity contribution < 1.29 is 9.47 Å². The summed E-state index contributed by atoms with van der Waals surface area (Å²) in [5, 5.41) is 3.44. The van der Waals surface area contributed by atoms with Gasteiger partial charge in [0.25, 0.3) is 0 Å². The molecule has 0 bridgehead atoms. The Hall–Kier alpha value is -0.160. The van der Waals surface area contributed by atoms with Gasteiger partial charge in [0, 0.05) is 26.3 Å². The molecule has 0 amide bonds. The normalized spacial score (nSPS) is 16.9. The molecule has 0 unspecified atom stereocenters. The highest BCUT2D eigenvalue weighted by molar-refractivity contribution is 4.69. The first-order valence-corrected chi connectivity index (χ1v) is 8.45. The largest absolute Gasteiger partial charge is 0.380 e. The van der Waals surface area contributed by atoms with Gasteiger partial charge in [-0.2, -0.15) is 0 Å². The van der Waals surface area contributed by atoms with Gasteiger partial charge in [-0.3, -0.25) is 4.90 Å². The maximum Gasteiger partial charge on any atom is 0.0593 e. The van der Waals surface area contributed by atoms with E-state index in [1.165, 1.54) is 45.3 Å². The van der Waals surface area contributed by atoms with Crippen LogP contribution in [0.4, 0.5) is 0 Å². The number of nitrogens with one attached hydrogen (secondary N) is 1. The molecule has 0 aromatic heterocycles. The van der Waals surface area contributed by atoms with Crippen LogP contribution < -0.4 is 5.32 Å². The smallest absolute Gasteiger partial charge is 0.0593 e. The van der Waals surface area contributed by atoms with E-state index in [2.05, 4.69) is 24.1 Å². The molecular formula is C16H34N2O2. The lowest BCUT2D eigenvalue weighted by molar-refractivity contribution is 0.0813. The summed E-state index contributed by atoms with van der Waals surface area (Å²) in [6.45, 7) is 13.1. The van der Waals surface area contributed by atoms with Crippen molar-refractivity contribution >= 4 is 0 Å². The van der Waals surface area contributed by atoms with Crippen molar-refractivity contribution in [1.82, 2.24) is 10.2 Å². The predicted octanol–water partition coefficient (Wildman–Crippen LogP) is 2.14. The van der Waals surface area contributed by atoms with E-state index < -0.39 is 0 Å². The van der Waals surface area contributed by atoms with Crippen LogP contribution in [0.5, 0.6) is 0 Å². The first-order chi connectivity index (χ1) is 9.86. The molecule has 0 radical (unpaired) electrons. The van der Waals surface area contributed by atoms with E-state index in [-0.39, 0.29) is 0 Å². The zero-order valence-corrected chi connectivity index (χ0v) is 13.5. The molecule has 20 heavy (non-hydrogen) atoms. The van der Waals surface area contributed by atoms with Crippen LogP contribution in [-0.4, -0.2) is 64.1 Å². The fourth-order valence-electron chi connectivity index (χ4n) is 2.79. The number of piperidine rings is 1. The quantitative estimate of drug-likeness (QED) is 0.557. The highest BCUT2D eigenvalue weighted by Gasteiger charge is 2.13. The van der Waals surface area contributed by atoms with Crippen LogP contribution in [0.1, 0.15) is 39.5 Å². The van der Waals surface area contributed by atoms with Crippen LogP contribution in [0.3, 0.4) is 0 Å². The maximum absolute atomic E-state index is 5.48. The minimum atomic E-state index is 0.814. The third kappa shape index (κ3) is 8.90. The Balaban J connectivity index is 2.12. The van der Waals surface area contributed by atoms with Gasteiger partial charge in [-0.15, -0.1) is 0 Å². The van der Waals surface area contributed by atoms with E-state index in [1.54, 1.807) is 0 Å². The molecule has 0 aromatic rings. The molecule has 0 aliphatic carbocycles. The first-order valence-electron chi connectivity index (χ1n) is 8.45. The number of nitrogens with zero attached hydrogens (tertiary/aromatic N) is 1. The predicted molar refractivity (Wildman–Crippen MR) is 84.3 cm³/mol. The monoisotopic (exact) mass is 286 g/mol. The molecule has 4 heteroatoms. The summed E-state index contributed by atoms with van der Waals surface area (Å²) in [6, 6.07) is 0. The van der Waals surface area contributed by atoms with E-state index in [4.69, 9.17) is 9.47 Å². The van der Waals surface area contributed by atoms with Crippen molar-refractivity contribution in [2.45, 2.75) is 39.5 Å². The van der Waals surface area contributed by atoms with Gasteiger partial charge in [-0.05, 0) is 65.1 Å². The van der Waals surface area contributed by atoms with Gasteiger partial charge in [-0.25, -0.2) is 0 Å². The second kappa shape index (κ2) is 12.6. The SMILES string of the molecule is CCOCCN(CCCC1CCNCC1)CCOCC. The van der Waals surface area contributed by atoms with E-state index in [1.807, 2.05) is 0 Å². The van der Waals surface area contributed by atoms with Crippen molar-refractivity contribution in [3.05, 3.63) is 0 Å². The van der Waals surface area contributed by atoms with E-state index >= 15 is 0 Å². The molecule has 1 aliphatic rings. The summed E-state index contributed by atoms with van der Waals surface area (Å²) in [7, 11) is 0. The molecule has 1 N–H and O–H groups in total. The maximum atomic E-state index is 5.48. The average Bonchev–Trinajstić information content (AvgIpc) is 2.48. The average molecular weight is 286 g/mol. The lowest BCUT2D eigenvalue weighted by Gasteiger charge is -2.25. The number of hydrogen-bond donors (Lipinski definition) is 1. The summed E-state index contributed by atoms with van der Waals surface area (Å²) >= 11 is 0. The molecule has 0 saturated carbocycles. The summed E-state index contributed by atoms with van der Waals surface area (Å²) in [4.78, 5) is 2.49. The molecule has 1 fully saturated rings. The highest BCUT2D eigenvalue weighted by Crippen LogP contribution is 2.17. The molecule has 0 atom stereocenters. The van der Waals surface area contributed by atoms with Crippen molar-refractivity contribution in [1.29, 1.82) is 0 Å². The minimum Gasteiger partial charge on any atom is -0.380 e. The fraction of sp³-hybridized carbons (Fsp3) is 1.00. The van der Waals surface area contributed by atoms with Crippen LogP contribution in [0.15, 0.2) is 0 Å². The highest BCUT2D eigenvalue weighted by atomic mass is 16.5. The van der Waals surface area contributed by atoms with Crippen LogP contribution in [0.25, 0.3) is 0 Å². The minimum absolute atomic E-state index is 0.814. The van der Waals surface area contributed by atoms with Crippen LogP contribution in [0.2, 0.25) is 0 Å². The zero-order chi connectivity index (χ0) is 14.5. The molecule has 120 valence electrons. The van der Waals surface area contributed by atoms with Gasteiger partial charge in [0.1, 0.15) is 0 Å². The van der Waals surface area contributed by atoms with Crippen LogP contribution in [0, 0.1) is 5.92 Å². The number of hydrogen-bond acceptors (Lipinski definition) is 4. The third-order valence-corrected chi connectivity index (χ3v) is 4.06. The molecule has 1 saturated heterocycles. The molecule has 1 rings (SSSR count). The fourth-order valence-corrected chi connectivity index (χ4v) is 2.79. The standard InChI is InChI=1S/C16H34N2O2/c1-3-19-14-12-18(13-15-20-4-2)11-5-6-16-7-9-17-10-8-16/h16-17H,3-15H2,1-2H3. The topological polar surface area (TPSA) is 33.7 Å². The third-order valence-electron chi connectivity index (χ3n) is 4.06. The molecule has 0 spiro atoms. The van der Waals surface area contributed by atoms with E-state index in [0.717, 1.165) is 45.4 Å². The zero-order valence-electron chi connectivity index (χ0n) is 13.5. The lowest BCUT2D eigenvalue weighted by atomic mass is 9.93. The van der Waals surface area contributed by atoms with E-state index in [9.17, 15) is 0 Å². The second-order valence-electron chi connectivity index (χ2n) is 5.57. The van der Waals surface area contributed by atoms with Gasteiger partial charge >= 0.3 is 0 Å². The first kappa shape index (κ1) is 17.9. The molecule has 1 heterocycles. The Bertz CT molecular complexity index is 199. The van der Waals surface area contributed by atoms with Gasteiger partial charge < -0.3 is 14.8 Å². The Labute approximate surface area is 125 Å². The molecular weight excluding hydrogens is 252 g/mol. The Morgan fingerprint density at radius 2 is 1.55 bits per heavy atom. The van der Waals surface area contributed by atoms with Crippen molar-refractivity contribution in [3.8, 4) is 0 Å². The van der Waals surface area contributed by atoms with Gasteiger partial charge in [0.15, 0.2) is 0 Å². The Kier molecular flexibility index (Phi) is 11.2. The van der Waals surface area contributed by atoms with Crippen molar-refractivity contribution in [2.24, 2.45) is 5.92 Å². The number of ether oxygens (including phenoxy) is 2. The Morgan fingerprint density at radius 3 is 2.10 bits per heavy atom. The molecule has 1 aliphatic heterocycles. The van der Waals surface area contributed by atoms with Gasteiger partial charge in [0.2, 0.25) is 0 Å². The van der Waals surface area contributed by atoms with Crippen LogP contribution in [-0.2, 0) is 9.47 Å².